The molecule has 4 nitrogen and oxygen atoms in total. The average molecular weight is 296 g/mol. The second kappa shape index (κ2) is 5.82. The van der Waals surface area contributed by atoms with Crippen molar-refractivity contribution in [2.75, 3.05) is 0 Å². The first kappa shape index (κ1) is 14.8. The molecule has 1 aromatic carbocycles. The fraction of sp³-hybridized carbons (Fsp3) is 0.143. The van der Waals surface area contributed by atoms with E-state index in [2.05, 4.69) is 10.3 Å². The molecule has 1 amide bonds. The maximum absolute atomic E-state index is 12.4. The maximum atomic E-state index is 12.4. The van der Waals surface area contributed by atoms with Gasteiger partial charge in [-0.2, -0.15) is 13.2 Å². The van der Waals surface area contributed by atoms with E-state index in [4.69, 9.17) is 0 Å². The van der Waals surface area contributed by atoms with Gasteiger partial charge in [0.2, 0.25) is 0 Å². The number of carbonyl (C=O) groups is 1. The van der Waals surface area contributed by atoms with Crippen molar-refractivity contribution in [2.45, 2.75) is 12.7 Å². The summed E-state index contributed by atoms with van der Waals surface area (Å²) >= 11 is 0. The molecule has 21 heavy (non-hydrogen) atoms. The lowest BCUT2D eigenvalue weighted by Crippen LogP contribution is -2.22. The van der Waals surface area contributed by atoms with E-state index in [-0.39, 0.29) is 17.9 Å². The molecule has 0 aliphatic heterocycles. The summed E-state index contributed by atoms with van der Waals surface area (Å²) in [7, 11) is 0. The Morgan fingerprint density at radius 2 is 1.86 bits per heavy atom. The number of aromatic nitrogens is 1. The molecule has 110 valence electrons. The Bertz CT molecular complexity index is 639. The number of amides is 1. The second-order valence-electron chi connectivity index (χ2n) is 4.31. The van der Waals surface area contributed by atoms with E-state index in [1.54, 1.807) is 0 Å². The standard InChI is InChI=1S/C14H11F3N2O2/c15-14(16,17)11-3-1-9(2-4-11)6-19-13(21)10-5-12(20)8-18-7-10/h1-5,7-8,20H,6H2,(H,19,21). The molecule has 0 aliphatic carbocycles. The summed E-state index contributed by atoms with van der Waals surface area (Å²) in [5, 5.41) is 11.7. The Kier molecular flexibility index (Phi) is 4.11. The fourth-order valence-corrected chi connectivity index (χ4v) is 1.65. The largest absolute Gasteiger partial charge is 0.506 e. The van der Waals surface area contributed by atoms with E-state index in [9.17, 15) is 23.1 Å². The van der Waals surface area contributed by atoms with Crippen LogP contribution in [0.4, 0.5) is 13.2 Å². The van der Waals surface area contributed by atoms with Crippen LogP contribution in [0.5, 0.6) is 5.75 Å². The monoisotopic (exact) mass is 296 g/mol. The van der Waals surface area contributed by atoms with E-state index >= 15 is 0 Å². The van der Waals surface area contributed by atoms with Gasteiger partial charge < -0.3 is 10.4 Å². The summed E-state index contributed by atoms with van der Waals surface area (Å²) in [5.41, 5.74) is -0.0406. The summed E-state index contributed by atoms with van der Waals surface area (Å²) in [4.78, 5) is 15.4. The number of alkyl halides is 3. The van der Waals surface area contributed by atoms with Crippen molar-refractivity contribution in [2.24, 2.45) is 0 Å². The topological polar surface area (TPSA) is 62.2 Å². The third-order valence-corrected chi connectivity index (χ3v) is 2.72. The van der Waals surface area contributed by atoms with Gasteiger partial charge in [0.1, 0.15) is 5.75 Å². The second-order valence-corrected chi connectivity index (χ2v) is 4.31. The van der Waals surface area contributed by atoms with Crippen molar-refractivity contribution in [1.29, 1.82) is 0 Å². The Hall–Kier alpha value is -2.57. The third-order valence-electron chi connectivity index (χ3n) is 2.72. The van der Waals surface area contributed by atoms with E-state index < -0.39 is 17.6 Å². The summed E-state index contributed by atoms with van der Waals surface area (Å²) in [6.07, 6.45) is -1.91. The van der Waals surface area contributed by atoms with Crippen LogP contribution in [0.2, 0.25) is 0 Å². The molecular weight excluding hydrogens is 285 g/mol. The normalized spacial score (nSPS) is 11.2. The number of hydrogen-bond acceptors (Lipinski definition) is 3. The number of rotatable bonds is 3. The Balaban J connectivity index is 1.98. The SMILES string of the molecule is O=C(NCc1ccc(C(F)(F)F)cc1)c1cncc(O)c1. The summed E-state index contributed by atoms with van der Waals surface area (Å²) in [5.74, 6) is -0.615. The molecule has 0 atom stereocenters. The zero-order valence-electron chi connectivity index (χ0n) is 10.7. The van der Waals surface area contributed by atoms with Gasteiger partial charge in [-0.25, -0.2) is 0 Å². The van der Waals surface area contributed by atoms with Crippen LogP contribution in [-0.4, -0.2) is 16.0 Å². The first-order valence-corrected chi connectivity index (χ1v) is 5.94. The fourth-order valence-electron chi connectivity index (χ4n) is 1.65. The molecule has 0 saturated heterocycles. The highest BCUT2D eigenvalue weighted by atomic mass is 19.4. The van der Waals surface area contributed by atoms with E-state index in [0.29, 0.717) is 5.56 Å². The summed E-state index contributed by atoms with van der Waals surface area (Å²) in [6.45, 7) is 0.0760. The number of benzene rings is 1. The van der Waals surface area contributed by atoms with Crippen LogP contribution in [0.3, 0.4) is 0 Å². The minimum absolute atomic E-state index is 0.0760. The minimum atomic E-state index is -4.38. The zero-order chi connectivity index (χ0) is 15.5. The average Bonchev–Trinajstić information content (AvgIpc) is 2.44. The van der Waals surface area contributed by atoms with Gasteiger partial charge in [-0.1, -0.05) is 12.1 Å². The predicted molar refractivity (Wildman–Crippen MR) is 68.5 cm³/mol. The molecule has 0 spiro atoms. The highest BCUT2D eigenvalue weighted by Crippen LogP contribution is 2.29. The maximum Gasteiger partial charge on any atom is 0.416 e. The molecule has 0 unspecified atom stereocenters. The molecule has 0 radical (unpaired) electrons. The molecule has 0 saturated carbocycles. The van der Waals surface area contributed by atoms with Gasteiger partial charge in [-0.3, -0.25) is 9.78 Å². The Labute approximate surface area is 118 Å². The van der Waals surface area contributed by atoms with Crippen molar-refractivity contribution in [3.8, 4) is 5.75 Å². The lowest BCUT2D eigenvalue weighted by molar-refractivity contribution is -0.137. The lowest BCUT2D eigenvalue weighted by Gasteiger charge is -2.08. The molecule has 1 aromatic heterocycles. The minimum Gasteiger partial charge on any atom is -0.506 e. The molecule has 2 N–H and O–H groups in total. The van der Waals surface area contributed by atoms with Crippen molar-refractivity contribution < 1.29 is 23.1 Å². The molecule has 2 aromatic rings. The van der Waals surface area contributed by atoms with Crippen LogP contribution in [0, 0.1) is 0 Å². The molecule has 0 fully saturated rings. The number of hydrogen-bond donors (Lipinski definition) is 2. The first-order valence-electron chi connectivity index (χ1n) is 5.94. The highest BCUT2D eigenvalue weighted by molar-refractivity contribution is 5.94. The predicted octanol–water partition coefficient (Wildman–Crippen LogP) is 2.74. The number of halogens is 3. The van der Waals surface area contributed by atoms with Crippen LogP contribution in [0.1, 0.15) is 21.5 Å². The quantitative estimate of drug-likeness (QED) is 0.915. The summed E-state index contributed by atoms with van der Waals surface area (Å²) < 4.78 is 37.2. The highest BCUT2D eigenvalue weighted by Gasteiger charge is 2.29. The van der Waals surface area contributed by atoms with E-state index in [1.807, 2.05) is 0 Å². The molecule has 0 aliphatic rings. The van der Waals surface area contributed by atoms with Gasteiger partial charge in [-0.05, 0) is 23.8 Å². The van der Waals surface area contributed by atoms with Crippen molar-refractivity contribution in [3.05, 3.63) is 59.4 Å². The van der Waals surface area contributed by atoms with Gasteiger partial charge in [0.15, 0.2) is 0 Å². The van der Waals surface area contributed by atoms with Crippen molar-refractivity contribution >= 4 is 5.91 Å². The third kappa shape index (κ3) is 3.95. The number of carbonyl (C=O) groups excluding carboxylic acids is 1. The number of nitrogens with zero attached hydrogens (tertiary/aromatic N) is 1. The molecule has 1 heterocycles. The smallest absolute Gasteiger partial charge is 0.416 e. The van der Waals surface area contributed by atoms with Crippen LogP contribution in [0.25, 0.3) is 0 Å². The van der Waals surface area contributed by atoms with Gasteiger partial charge in [0, 0.05) is 12.7 Å². The van der Waals surface area contributed by atoms with E-state index in [1.165, 1.54) is 30.6 Å². The van der Waals surface area contributed by atoms with Crippen molar-refractivity contribution in [3.63, 3.8) is 0 Å². The van der Waals surface area contributed by atoms with Gasteiger partial charge in [-0.15, -0.1) is 0 Å². The number of aromatic hydroxyl groups is 1. The summed E-state index contributed by atoms with van der Waals surface area (Å²) in [6, 6.07) is 5.75. The molecule has 2 rings (SSSR count). The molecule has 0 bridgehead atoms. The Morgan fingerprint density at radius 3 is 2.43 bits per heavy atom. The molecular formula is C14H11F3N2O2. The van der Waals surface area contributed by atoms with Gasteiger partial charge in [0.05, 0.1) is 17.3 Å². The van der Waals surface area contributed by atoms with Crippen molar-refractivity contribution in [1.82, 2.24) is 10.3 Å². The Morgan fingerprint density at radius 1 is 1.19 bits per heavy atom. The number of nitrogens with one attached hydrogen (secondary N) is 1. The van der Waals surface area contributed by atoms with Crippen LogP contribution in [0.15, 0.2) is 42.7 Å². The van der Waals surface area contributed by atoms with Crippen LogP contribution in [-0.2, 0) is 12.7 Å². The van der Waals surface area contributed by atoms with Gasteiger partial charge >= 0.3 is 6.18 Å². The van der Waals surface area contributed by atoms with Crippen LogP contribution >= 0.6 is 0 Å². The van der Waals surface area contributed by atoms with Gasteiger partial charge in [0.25, 0.3) is 5.91 Å². The molecule has 7 heteroatoms. The van der Waals surface area contributed by atoms with E-state index in [0.717, 1.165) is 12.1 Å². The zero-order valence-corrected chi connectivity index (χ0v) is 10.7. The van der Waals surface area contributed by atoms with Crippen LogP contribution < -0.4 is 5.32 Å². The lowest BCUT2D eigenvalue weighted by atomic mass is 10.1. The number of pyridine rings is 1. The first-order chi connectivity index (χ1) is 9.86.